The van der Waals surface area contributed by atoms with Crippen LogP contribution in [0, 0.1) is 11.2 Å². The van der Waals surface area contributed by atoms with Gasteiger partial charge in [-0.1, -0.05) is 6.07 Å². The van der Waals surface area contributed by atoms with Crippen molar-refractivity contribution in [2.45, 2.75) is 26.8 Å². The van der Waals surface area contributed by atoms with Crippen molar-refractivity contribution in [2.24, 2.45) is 5.41 Å². The zero-order chi connectivity index (χ0) is 14.6. The smallest absolute Gasteiger partial charge is 0.226 e. The monoisotopic (exact) mass is 268 g/mol. The molecule has 0 bridgehead atoms. The van der Waals surface area contributed by atoms with Crippen LogP contribution in [0.15, 0.2) is 18.2 Å². The highest BCUT2D eigenvalue weighted by Gasteiger charge is 2.27. The summed E-state index contributed by atoms with van der Waals surface area (Å²) in [4.78, 5) is 11.6. The molecule has 0 aromatic heterocycles. The van der Waals surface area contributed by atoms with Gasteiger partial charge in [0.05, 0.1) is 5.41 Å². The van der Waals surface area contributed by atoms with Crippen molar-refractivity contribution in [1.82, 2.24) is 10.6 Å². The van der Waals surface area contributed by atoms with E-state index in [2.05, 4.69) is 10.6 Å². The normalized spacial score (nSPS) is 13.1. The number of amides is 1. The molecular formula is C14H21FN2O2. The van der Waals surface area contributed by atoms with E-state index in [9.17, 15) is 9.18 Å². The summed E-state index contributed by atoms with van der Waals surface area (Å²) in [6.45, 7) is 5.88. The Morgan fingerprint density at radius 1 is 1.47 bits per heavy atom. The summed E-state index contributed by atoms with van der Waals surface area (Å²) >= 11 is 0. The van der Waals surface area contributed by atoms with E-state index < -0.39 is 11.2 Å². The van der Waals surface area contributed by atoms with E-state index in [1.165, 1.54) is 12.1 Å². The topological polar surface area (TPSA) is 61.4 Å². The second kappa shape index (κ2) is 6.02. The fraction of sp³-hybridized carbons (Fsp3) is 0.500. The molecule has 1 atom stereocenters. The van der Waals surface area contributed by atoms with Crippen molar-refractivity contribution in [3.8, 4) is 5.75 Å². The van der Waals surface area contributed by atoms with Gasteiger partial charge in [-0.05, 0) is 26.8 Å². The lowest BCUT2D eigenvalue weighted by Gasteiger charge is -2.25. The number of carbonyl (C=O) groups is 1. The molecule has 0 aliphatic carbocycles. The van der Waals surface area contributed by atoms with Crippen molar-refractivity contribution >= 4 is 5.91 Å². The molecule has 106 valence electrons. The molecule has 1 unspecified atom stereocenters. The molecule has 0 spiro atoms. The minimum Gasteiger partial charge on any atom is -0.508 e. The zero-order valence-corrected chi connectivity index (χ0v) is 11.7. The first-order valence-corrected chi connectivity index (χ1v) is 6.22. The largest absolute Gasteiger partial charge is 0.508 e. The summed E-state index contributed by atoms with van der Waals surface area (Å²) in [6.07, 6.45) is 0. The van der Waals surface area contributed by atoms with E-state index in [-0.39, 0.29) is 17.7 Å². The number of hydrogen-bond acceptors (Lipinski definition) is 3. The first kappa shape index (κ1) is 15.4. The summed E-state index contributed by atoms with van der Waals surface area (Å²) in [7, 11) is 1.59. The summed E-state index contributed by atoms with van der Waals surface area (Å²) in [5, 5.41) is 14.9. The summed E-state index contributed by atoms with van der Waals surface area (Å²) in [6, 6.07) is 3.82. The maximum atomic E-state index is 13.7. The molecule has 1 aromatic carbocycles. The van der Waals surface area contributed by atoms with Crippen LogP contribution in [0.2, 0.25) is 0 Å². The van der Waals surface area contributed by atoms with E-state index >= 15 is 0 Å². The van der Waals surface area contributed by atoms with Gasteiger partial charge in [0.1, 0.15) is 11.6 Å². The highest BCUT2D eigenvalue weighted by Crippen LogP contribution is 2.22. The Morgan fingerprint density at radius 3 is 2.63 bits per heavy atom. The molecule has 3 N–H and O–H groups in total. The first-order chi connectivity index (χ1) is 8.77. The first-order valence-electron chi connectivity index (χ1n) is 6.22. The van der Waals surface area contributed by atoms with Gasteiger partial charge in [-0.25, -0.2) is 4.39 Å². The highest BCUT2D eigenvalue weighted by atomic mass is 19.1. The highest BCUT2D eigenvalue weighted by molar-refractivity contribution is 5.81. The van der Waals surface area contributed by atoms with Gasteiger partial charge in [0.15, 0.2) is 0 Å². The van der Waals surface area contributed by atoms with Gasteiger partial charge in [-0.15, -0.1) is 0 Å². The van der Waals surface area contributed by atoms with Crippen LogP contribution >= 0.6 is 0 Å². The van der Waals surface area contributed by atoms with Crippen LogP contribution in [-0.4, -0.2) is 24.6 Å². The van der Waals surface area contributed by atoms with Gasteiger partial charge < -0.3 is 15.7 Å². The molecule has 1 amide bonds. The van der Waals surface area contributed by atoms with Gasteiger partial charge in [0, 0.05) is 31.3 Å². The second-order valence-corrected chi connectivity index (χ2v) is 5.27. The quantitative estimate of drug-likeness (QED) is 0.765. The molecule has 1 rings (SSSR count). The number of phenols is 1. The third kappa shape index (κ3) is 3.92. The van der Waals surface area contributed by atoms with E-state index in [1.807, 2.05) is 20.8 Å². The van der Waals surface area contributed by atoms with Crippen LogP contribution in [-0.2, 0) is 4.79 Å². The number of rotatable bonds is 5. The molecule has 0 saturated heterocycles. The Kier molecular flexibility index (Phi) is 4.89. The molecule has 4 nitrogen and oxygen atoms in total. The molecule has 5 heteroatoms. The molecule has 0 heterocycles. The van der Waals surface area contributed by atoms with Crippen molar-refractivity contribution in [3.05, 3.63) is 29.6 Å². The van der Waals surface area contributed by atoms with Crippen LogP contribution < -0.4 is 10.6 Å². The van der Waals surface area contributed by atoms with Crippen LogP contribution in [0.3, 0.4) is 0 Å². The summed E-state index contributed by atoms with van der Waals surface area (Å²) in [5.41, 5.74) is -0.110. The lowest BCUT2D eigenvalue weighted by atomic mass is 9.91. The molecule has 0 fully saturated rings. The Morgan fingerprint density at radius 2 is 2.11 bits per heavy atom. The fourth-order valence-corrected chi connectivity index (χ4v) is 1.80. The Labute approximate surface area is 113 Å². The van der Waals surface area contributed by atoms with Gasteiger partial charge in [-0.3, -0.25) is 4.79 Å². The number of halogens is 1. The number of phenolic OH excluding ortho intramolecular Hbond substituents is 1. The molecule has 0 saturated carbocycles. The maximum absolute atomic E-state index is 13.7. The number of aromatic hydroxyl groups is 1. The number of carbonyl (C=O) groups excluding carboxylic acids is 1. The van der Waals surface area contributed by atoms with E-state index in [1.54, 1.807) is 7.05 Å². The summed E-state index contributed by atoms with van der Waals surface area (Å²) < 4.78 is 13.7. The predicted octanol–water partition coefficient (Wildman–Crippen LogP) is 1.95. The number of nitrogens with one attached hydrogen (secondary N) is 2. The molecule has 19 heavy (non-hydrogen) atoms. The third-order valence-corrected chi connectivity index (χ3v) is 3.14. The average molecular weight is 268 g/mol. The Balaban J connectivity index is 2.70. The van der Waals surface area contributed by atoms with Crippen molar-refractivity contribution < 1.29 is 14.3 Å². The van der Waals surface area contributed by atoms with E-state index in [4.69, 9.17) is 5.11 Å². The second-order valence-electron chi connectivity index (χ2n) is 5.27. The van der Waals surface area contributed by atoms with Crippen LogP contribution in [0.4, 0.5) is 4.39 Å². The maximum Gasteiger partial charge on any atom is 0.226 e. The minimum absolute atomic E-state index is 0.0709. The van der Waals surface area contributed by atoms with Crippen molar-refractivity contribution in [2.75, 3.05) is 13.6 Å². The van der Waals surface area contributed by atoms with Gasteiger partial charge in [0.2, 0.25) is 5.91 Å². The Hall–Kier alpha value is -1.62. The Bertz CT molecular complexity index is 461. The van der Waals surface area contributed by atoms with Crippen molar-refractivity contribution in [1.29, 1.82) is 0 Å². The average Bonchev–Trinajstić information content (AvgIpc) is 2.35. The molecule has 0 radical (unpaired) electrons. The third-order valence-electron chi connectivity index (χ3n) is 3.14. The predicted molar refractivity (Wildman–Crippen MR) is 72.3 cm³/mol. The lowest BCUT2D eigenvalue weighted by molar-refractivity contribution is -0.128. The van der Waals surface area contributed by atoms with Crippen LogP contribution in [0.25, 0.3) is 0 Å². The van der Waals surface area contributed by atoms with E-state index in [0.29, 0.717) is 12.1 Å². The SMILES string of the molecule is CNC(=O)C(C)(C)CNC(C)c1ccc(O)cc1F. The number of benzene rings is 1. The van der Waals surface area contributed by atoms with E-state index in [0.717, 1.165) is 6.07 Å². The van der Waals surface area contributed by atoms with Crippen LogP contribution in [0.1, 0.15) is 32.4 Å². The van der Waals surface area contributed by atoms with Gasteiger partial charge in [-0.2, -0.15) is 0 Å². The standard InChI is InChI=1S/C14H21FN2O2/c1-9(11-6-5-10(18)7-12(11)15)17-8-14(2,3)13(19)16-4/h5-7,9,17-18H,8H2,1-4H3,(H,16,19). The molecule has 0 aliphatic rings. The molecule has 0 aliphatic heterocycles. The van der Waals surface area contributed by atoms with Gasteiger partial charge in [0.25, 0.3) is 0 Å². The van der Waals surface area contributed by atoms with Gasteiger partial charge >= 0.3 is 0 Å². The molecule has 1 aromatic rings. The minimum atomic E-state index is -0.573. The van der Waals surface area contributed by atoms with Crippen LogP contribution in [0.5, 0.6) is 5.75 Å². The number of hydrogen-bond donors (Lipinski definition) is 3. The lowest BCUT2D eigenvalue weighted by Crippen LogP contribution is -2.42. The zero-order valence-electron chi connectivity index (χ0n) is 11.7. The summed E-state index contributed by atoms with van der Waals surface area (Å²) in [5.74, 6) is -0.629. The molecular weight excluding hydrogens is 247 g/mol. The fourth-order valence-electron chi connectivity index (χ4n) is 1.80. The van der Waals surface area contributed by atoms with Crippen molar-refractivity contribution in [3.63, 3.8) is 0 Å².